The van der Waals surface area contributed by atoms with Crippen molar-refractivity contribution in [2.75, 3.05) is 19.6 Å². The van der Waals surface area contributed by atoms with E-state index in [2.05, 4.69) is 30.9 Å². The molecule has 0 atom stereocenters. The van der Waals surface area contributed by atoms with Gasteiger partial charge in [0.05, 0.1) is 6.07 Å². The topological polar surface area (TPSA) is 27.0 Å². The summed E-state index contributed by atoms with van der Waals surface area (Å²) in [6, 6.07) is 2.22. The van der Waals surface area contributed by atoms with Gasteiger partial charge in [-0.2, -0.15) is 5.26 Å². The van der Waals surface area contributed by atoms with Gasteiger partial charge in [0.2, 0.25) is 0 Å². The Kier molecular flexibility index (Phi) is 3.98. The highest BCUT2D eigenvalue weighted by Crippen LogP contribution is 2.11. The lowest BCUT2D eigenvalue weighted by molar-refractivity contribution is 0.277. The predicted octanol–water partition coefficient (Wildman–Crippen LogP) is 2.19. The third-order valence-electron chi connectivity index (χ3n) is 2.46. The lowest BCUT2D eigenvalue weighted by atomic mass is 10.1. The molecule has 0 aromatic heterocycles. The van der Waals surface area contributed by atoms with Gasteiger partial charge in [0.15, 0.2) is 0 Å². The first-order valence-electron chi connectivity index (χ1n) is 5.04. The van der Waals surface area contributed by atoms with E-state index in [4.69, 9.17) is 5.26 Å². The maximum absolute atomic E-state index is 8.66. The smallest absolute Gasteiger partial charge is 0.0944 e. The summed E-state index contributed by atoms with van der Waals surface area (Å²) >= 11 is 0. The summed E-state index contributed by atoms with van der Waals surface area (Å²) in [5, 5.41) is 8.66. The van der Waals surface area contributed by atoms with Crippen LogP contribution < -0.4 is 0 Å². The van der Waals surface area contributed by atoms with E-state index in [1.54, 1.807) is 0 Å². The molecular formula is C11H18N2. The van der Waals surface area contributed by atoms with Gasteiger partial charge in [-0.25, -0.2) is 0 Å². The molecule has 1 rings (SSSR count). The Morgan fingerprint density at radius 3 is 2.85 bits per heavy atom. The van der Waals surface area contributed by atoms with Gasteiger partial charge in [-0.05, 0) is 25.3 Å². The third-order valence-corrected chi connectivity index (χ3v) is 2.46. The van der Waals surface area contributed by atoms with Crippen LogP contribution in [0.2, 0.25) is 0 Å². The highest BCUT2D eigenvalue weighted by atomic mass is 15.1. The van der Waals surface area contributed by atoms with Crippen LogP contribution in [-0.2, 0) is 0 Å². The molecule has 0 spiro atoms. The van der Waals surface area contributed by atoms with Crippen LogP contribution in [0.15, 0.2) is 11.6 Å². The van der Waals surface area contributed by atoms with Crippen LogP contribution in [-0.4, -0.2) is 24.5 Å². The van der Waals surface area contributed by atoms with E-state index in [0.717, 1.165) is 31.0 Å². The van der Waals surface area contributed by atoms with E-state index < -0.39 is 0 Å². The summed E-state index contributed by atoms with van der Waals surface area (Å²) in [6.45, 7) is 7.70. The standard InChI is InChI=1S/C11H18N2/c1-10(2)3-6-13-7-4-11(9-12)5-8-13/h4,10H,3,5-8H2,1-2H3. The van der Waals surface area contributed by atoms with Gasteiger partial charge in [0.1, 0.15) is 0 Å². The highest BCUT2D eigenvalue weighted by Gasteiger charge is 2.10. The summed E-state index contributed by atoms with van der Waals surface area (Å²) in [5.74, 6) is 0.779. The fourth-order valence-corrected chi connectivity index (χ4v) is 1.46. The molecule has 13 heavy (non-hydrogen) atoms. The van der Waals surface area contributed by atoms with E-state index in [1.807, 2.05) is 0 Å². The second-order valence-corrected chi connectivity index (χ2v) is 4.07. The van der Waals surface area contributed by atoms with Crippen LogP contribution in [0.3, 0.4) is 0 Å². The molecule has 0 aromatic rings. The Balaban J connectivity index is 2.26. The number of hydrogen-bond donors (Lipinski definition) is 0. The fraction of sp³-hybridized carbons (Fsp3) is 0.727. The first kappa shape index (κ1) is 10.3. The molecule has 0 radical (unpaired) electrons. The molecule has 1 aliphatic rings. The first-order chi connectivity index (χ1) is 6.22. The summed E-state index contributed by atoms with van der Waals surface area (Å²) in [7, 11) is 0. The Labute approximate surface area is 80.8 Å². The molecule has 2 heteroatoms. The zero-order chi connectivity index (χ0) is 9.68. The van der Waals surface area contributed by atoms with Crippen molar-refractivity contribution in [3.05, 3.63) is 11.6 Å². The second kappa shape index (κ2) is 5.04. The van der Waals surface area contributed by atoms with E-state index >= 15 is 0 Å². The van der Waals surface area contributed by atoms with Gasteiger partial charge in [0.25, 0.3) is 0 Å². The summed E-state index contributed by atoms with van der Waals surface area (Å²) in [4.78, 5) is 2.42. The molecule has 0 aliphatic carbocycles. The van der Waals surface area contributed by atoms with Crippen LogP contribution >= 0.6 is 0 Å². The molecule has 0 unspecified atom stereocenters. The Bertz CT molecular complexity index is 223. The quantitative estimate of drug-likeness (QED) is 0.662. The van der Waals surface area contributed by atoms with Crippen molar-refractivity contribution in [2.24, 2.45) is 5.92 Å². The van der Waals surface area contributed by atoms with Crippen molar-refractivity contribution in [2.45, 2.75) is 26.7 Å². The molecule has 0 saturated heterocycles. The number of nitrogens with zero attached hydrogens (tertiary/aromatic N) is 2. The highest BCUT2D eigenvalue weighted by molar-refractivity contribution is 5.22. The molecule has 0 bridgehead atoms. The zero-order valence-electron chi connectivity index (χ0n) is 8.58. The fourth-order valence-electron chi connectivity index (χ4n) is 1.46. The average Bonchev–Trinajstić information content (AvgIpc) is 2.15. The van der Waals surface area contributed by atoms with Crippen molar-refractivity contribution >= 4 is 0 Å². The van der Waals surface area contributed by atoms with Crippen molar-refractivity contribution in [3.63, 3.8) is 0 Å². The summed E-state index contributed by atoms with van der Waals surface area (Å²) < 4.78 is 0. The molecule has 0 aromatic carbocycles. The van der Waals surface area contributed by atoms with Crippen LogP contribution in [0.25, 0.3) is 0 Å². The maximum atomic E-state index is 8.66. The van der Waals surface area contributed by atoms with Gasteiger partial charge < -0.3 is 0 Å². The monoisotopic (exact) mass is 178 g/mol. The van der Waals surface area contributed by atoms with Crippen molar-refractivity contribution in [3.8, 4) is 6.07 Å². The largest absolute Gasteiger partial charge is 0.299 e. The van der Waals surface area contributed by atoms with E-state index in [-0.39, 0.29) is 0 Å². The van der Waals surface area contributed by atoms with Crippen LogP contribution in [0.5, 0.6) is 0 Å². The molecule has 1 heterocycles. The minimum absolute atomic E-state index is 0.779. The van der Waals surface area contributed by atoms with Crippen molar-refractivity contribution in [1.82, 2.24) is 4.90 Å². The first-order valence-corrected chi connectivity index (χ1v) is 5.04. The second-order valence-electron chi connectivity index (χ2n) is 4.07. The van der Waals surface area contributed by atoms with Gasteiger partial charge in [-0.3, -0.25) is 4.90 Å². The van der Waals surface area contributed by atoms with Gasteiger partial charge in [0, 0.05) is 18.7 Å². The van der Waals surface area contributed by atoms with Crippen LogP contribution in [0.1, 0.15) is 26.7 Å². The van der Waals surface area contributed by atoms with E-state index in [9.17, 15) is 0 Å². The van der Waals surface area contributed by atoms with Gasteiger partial charge in [-0.15, -0.1) is 0 Å². The van der Waals surface area contributed by atoms with Gasteiger partial charge in [-0.1, -0.05) is 19.9 Å². The number of hydrogen-bond acceptors (Lipinski definition) is 2. The van der Waals surface area contributed by atoms with Gasteiger partial charge >= 0.3 is 0 Å². The third kappa shape index (κ3) is 3.61. The molecule has 0 amide bonds. The van der Waals surface area contributed by atoms with Crippen LogP contribution in [0, 0.1) is 17.2 Å². The van der Waals surface area contributed by atoms with E-state index in [0.29, 0.717) is 0 Å². The SMILES string of the molecule is CC(C)CCN1CC=C(C#N)CC1. The molecule has 2 nitrogen and oxygen atoms in total. The Hall–Kier alpha value is -0.810. The Morgan fingerprint density at radius 1 is 1.62 bits per heavy atom. The summed E-state index contributed by atoms with van der Waals surface area (Å²) in [6.07, 6.45) is 4.26. The minimum Gasteiger partial charge on any atom is -0.299 e. The van der Waals surface area contributed by atoms with Crippen molar-refractivity contribution in [1.29, 1.82) is 5.26 Å². The van der Waals surface area contributed by atoms with Crippen LogP contribution in [0.4, 0.5) is 0 Å². The van der Waals surface area contributed by atoms with Crippen molar-refractivity contribution < 1.29 is 0 Å². The molecule has 1 aliphatic heterocycles. The molecule has 72 valence electrons. The summed E-state index contributed by atoms with van der Waals surface area (Å²) in [5.41, 5.74) is 0.959. The lowest BCUT2D eigenvalue weighted by Gasteiger charge is -2.24. The van der Waals surface area contributed by atoms with E-state index in [1.165, 1.54) is 13.0 Å². The average molecular weight is 178 g/mol. The Morgan fingerprint density at radius 2 is 2.38 bits per heavy atom. The molecule has 0 N–H and O–H groups in total. The number of nitriles is 1. The normalized spacial score (nSPS) is 18.5. The molecular weight excluding hydrogens is 160 g/mol. The molecule has 0 saturated carbocycles. The predicted molar refractivity (Wildman–Crippen MR) is 54.2 cm³/mol. The zero-order valence-corrected chi connectivity index (χ0v) is 8.58. The maximum Gasteiger partial charge on any atom is 0.0944 e. The molecule has 0 fully saturated rings. The minimum atomic E-state index is 0.779. The number of rotatable bonds is 3. The lowest BCUT2D eigenvalue weighted by Crippen LogP contribution is -2.30.